The van der Waals surface area contributed by atoms with Gasteiger partial charge in [0.25, 0.3) is 0 Å². The number of hydrogen-bond donors (Lipinski definition) is 2. The van der Waals surface area contributed by atoms with Crippen molar-refractivity contribution in [2.75, 3.05) is 0 Å². The van der Waals surface area contributed by atoms with Gasteiger partial charge in [-0.15, -0.1) is 0 Å². The number of pyridine rings is 1. The number of fused-ring (bicyclic) bond motifs is 1. The first-order valence-electron chi connectivity index (χ1n) is 7.94. The van der Waals surface area contributed by atoms with E-state index in [1.807, 2.05) is 36.4 Å². The maximum absolute atomic E-state index is 10.9. The molecule has 2 aromatic carbocycles. The van der Waals surface area contributed by atoms with E-state index in [1.165, 1.54) is 0 Å². The minimum atomic E-state index is -0.858. The summed E-state index contributed by atoms with van der Waals surface area (Å²) in [6, 6.07) is 16.6. The largest absolute Gasteiger partial charge is 0.410 e. The van der Waals surface area contributed by atoms with E-state index in [1.54, 1.807) is 36.2 Å². The fraction of sp³-hybridized carbons (Fsp3) is 0. The Labute approximate surface area is 163 Å². The molecule has 2 heterocycles. The predicted molar refractivity (Wildman–Crippen MR) is 105 cm³/mol. The SMILES string of the molecule is NC(=O)Oc1ccc2[nH]c(-c3ccc(Sc4ccc(Cl)cc4)nc3)nc2c1. The van der Waals surface area contributed by atoms with Gasteiger partial charge in [-0.25, -0.2) is 14.8 Å². The summed E-state index contributed by atoms with van der Waals surface area (Å²) in [6.45, 7) is 0. The number of nitrogens with zero attached hydrogens (tertiary/aromatic N) is 2. The van der Waals surface area contributed by atoms with Crippen molar-refractivity contribution in [2.45, 2.75) is 9.92 Å². The van der Waals surface area contributed by atoms with Crippen LogP contribution in [0.1, 0.15) is 0 Å². The topological polar surface area (TPSA) is 93.9 Å². The van der Waals surface area contributed by atoms with Gasteiger partial charge in [0.1, 0.15) is 16.6 Å². The Morgan fingerprint density at radius 3 is 2.63 bits per heavy atom. The van der Waals surface area contributed by atoms with Crippen molar-refractivity contribution in [3.8, 4) is 17.1 Å². The molecule has 0 spiro atoms. The van der Waals surface area contributed by atoms with Crippen molar-refractivity contribution in [1.29, 1.82) is 0 Å². The lowest BCUT2D eigenvalue weighted by molar-refractivity contribution is 0.211. The van der Waals surface area contributed by atoms with Crippen LogP contribution in [0.2, 0.25) is 5.02 Å². The zero-order chi connectivity index (χ0) is 18.8. The highest BCUT2D eigenvalue weighted by atomic mass is 35.5. The maximum atomic E-state index is 10.9. The minimum Gasteiger partial charge on any atom is -0.410 e. The number of H-pyrrole nitrogens is 1. The van der Waals surface area contributed by atoms with E-state index in [-0.39, 0.29) is 0 Å². The van der Waals surface area contributed by atoms with Gasteiger partial charge in [-0.1, -0.05) is 23.4 Å². The number of carbonyl (C=O) groups excluding carboxylic acids is 1. The third-order valence-corrected chi connectivity index (χ3v) is 4.93. The van der Waals surface area contributed by atoms with Crippen LogP contribution in [0.5, 0.6) is 5.75 Å². The molecule has 2 aromatic heterocycles. The van der Waals surface area contributed by atoms with Gasteiger partial charge in [0.2, 0.25) is 0 Å². The van der Waals surface area contributed by atoms with Crippen LogP contribution < -0.4 is 10.5 Å². The summed E-state index contributed by atoms with van der Waals surface area (Å²) in [5.74, 6) is 1.03. The Kier molecular flexibility index (Phi) is 4.70. The van der Waals surface area contributed by atoms with E-state index < -0.39 is 6.09 Å². The first-order valence-corrected chi connectivity index (χ1v) is 9.13. The summed E-state index contributed by atoms with van der Waals surface area (Å²) in [5.41, 5.74) is 7.38. The Hall–Kier alpha value is -3.03. The molecule has 0 fully saturated rings. The molecule has 0 aliphatic heterocycles. The van der Waals surface area contributed by atoms with Gasteiger partial charge in [0.15, 0.2) is 0 Å². The van der Waals surface area contributed by atoms with Crippen molar-refractivity contribution in [3.05, 3.63) is 65.8 Å². The molecule has 0 radical (unpaired) electrons. The number of nitrogens with one attached hydrogen (secondary N) is 1. The van der Waals surface area contributed by atoms with Crippen LogP contribution in [0, 0.1) is 0 Å². The molecule has 8 heteroatoms. The molecule has 3 N–H and O–H groups in total. The van der Waals surface area contributed by atoms with Crippen molar-refractivity contribution in [1.82, 2.24) is 15.0 Å². The maximum Gasteiger partial charge on any atom is 0.409 e. The highest BCUT2D eigenvalue weighted by Gasteiger charge is 2.09. The first-order chi connectivity index (χ1) is 13.1. The molecular weight excluding hydrogens is 384 g/mol. The van der Waals surface area contributed by atoms with Gasteiger partial charge in [0, 0.05) is 27.7 Å². The zero-order valence-corrected chi connectivity index (χ0v) is 15.4. The number of hydrogen-bond acceptors (Lipinski definition) is 5. The second-order valence-electron chi connectivity index (χ2n) is 5.63. The number of imidazole rings is 1. The fourth-order valence-corrected chi connectivity index (χ4v) is 3.39. The van der Waals surface area contributed by atoms with Crippen molar-refractivity contribution in [2.24, 2.45) is 5.73 Å². The number of halogens is 1. The number of amides is 1. The summed E-state index contributed by atoms with van der Waals surface area (Å²) >= 11 is 7.46. The lowest BCUT2D eigenvalue weighted by atomic mass is 10.3. The third-order valence-electron chi connectivity index (χ3n) is 3.72. The second kappa shape index (κ2) is 7.30. The summed E-state index contributed by atoms with van der Waals surface area (Å²) in [7, 11) is 0. The first kappa shape index (κ1) is 17.4. The third kappa shape index (κ3) is 4.05. The van der Waals surface area contributed by atoms with Crippen LogP contribution in [0.15, 0.2) is 70.7 Å². The molecule has 0 atom stereocenters. The Bertz CT molecular complexity index is 1110. The predicted octanol–water partition coefficient (Wildman–Crippen LogP) is 4.89. The summed E-state index contributed by atoms with van der Waals surface area (Å²) < 4.78 is 4.88. The molecule has 0 unspecified atom stereocenters. The monoisotopic (exact) mass is 396 g/mol. The van der Waals surface area contributed by atoms with E-state index >= 15 is 0 Å². The highest BCUT2D eigenvalue weighted by molar-refractivity contribution is 7.99. The number of ether oxygens (including phenoxy) is 1. The van der Waals surface area contributed by atoms with E-state index in [4.69, 9.17) is 22.1 Å². The Morgan fingerprint density at radius 1 is 1.11 bits per heavy atom. The van der Waals surface area contributed by atoms with Crippen LogP contribution in [0.3, 0.4) is 0 Å². The van der Waals surface area contributed by atoms with Crippen LogP contribution in [0.25, 0.3) is 22.4 Å². The normalized spacial score (nSPS) is 10.9. The molecule has 0 aliphatic carbocycles. The molecule has 27 heavy (non-hydrogen) atoms. The number of nitrogens with two attached hydrogens (primary N) is 1. The average molecular weight is 397 g/mol. The van der Waals surface area contributed by atoms with Crippen LogP contribution in [0.4, 0.5) is 4.79 Å². The number of aromatic nitrogens is 3. The molecule has 134 valence electrons. The van der Waals surface area contributed by atoms with E-state index in [0.717, 1.165) is 21.0 Å². The van der Waals surface area contributed by atoms with Crippen molar-refractivity contribution < 1.29 is 9.53 Å². The van der Waals surface area contributed by atoms with E-state index in [2.05, 4.69) is 15.0 Å². The Balaban J connectivity index is 1.56. The highest BCUT2D eigenvalue weighted by Crippen LogP contribution is 2.29. The van der Waals surface area contributed by atoms with Crippen molar-refractivity contribution in [3.63, 3.8) is 0 Å². The van der Waals surface area contributed by atoms with Crippen LogP contribution >= 0.6 is 23.4 Å². The number of rotatable bonds is 4. The van der Waals surface area contributed by atoms with Gasteiger partial charge < -0.3 is 15.5 Å². The quantitative estimate of drug-likeness (QED) is 0.512. The summed E-state index contributed by atoms with van der Waals surface area (Å²) in [6.07, 6.45) is 0.902. The van der Waals surface area contributed by atoms with E-state index in [9.17, 15) is 4.79 Å². The molecule has 1 amide bonds. The number of aromatic amines is 1. The number of carbonyl (C=O) groups is 1. The van der Waals surface area contributed by atoms with Gasteiger partial charge in [-0.05, 0) is 48.5 Å². The van der Waals surface area contributed by atoms with Gasteiger partial charge in [-0.3, -0.25) is 0 Å². The summed E-state index contributed by atoms with van der Waals surface area (Å²) in [4.78, 5) is 24.2. The minimum absolute atomic E-state index is 0.348. The molecular formula is C19H13ClN4O2S. The molecule has 0 saturated heterocycles. The molecule has 4 rings (SSSR count). The van der Waals surface area contributed by atoms with Crippen LogP contribution in [-0.2, 0) is 0 Å². The Morgan fingerprint density at radius 2 is 1.93 bits per heavy atom. The molecule has 0 saturated carbocycles. The van der Waals surface area contributed by atoms with Crippen molar-refractivity contribution >= 4 is 40.5 Å². The number of benzene rings is 2. The van der Waals surface area contributed by atoms with Gasteiger partial charge in [-0.2, -0.15) is 0 Å². The lowest BCUT2D eigenvalue weighted by Crippen LogP contribution is -2.16. The molecule has 4 aromatic rings. The molecule has 0 bridgehead atoms. The zero-order valence-electron chi connectivity index (χ0n) is 13.8. The number of primary amides is 1. The smallest absolute Gasteiger partial charge is 0.409 e. The molecule has 0 aliphatic rings. The standard InChI is InChI=1S/C19H13ClN4O2S/c20-12-2-5-14(6-3-12)27-17-8-1-11(10-22-17)18-23-15-7-4-13(26-19(21)25)9-16(15)24-18/h1-10H,(H2,21,25)(H,23,24). The van der Waals surface area contributed by atoms with Crippen LogP contribution in [-0.4, -0.2) is 21.0 Å². The average Bonchev–Trinajstić information content (AvgIpc) is 3.07. The lowest BCUT2D eigenvalue weighted by Gasteiger charge is -2.02. The second-order valence-corrected chi connectivity index (χ2v) is 7.16. The fourth-order valence-electron chi connectivity index (χ4n) is 2.51. The van der Waals surface area contributed by atoms with E-state index in [0.29, 0.717) is 22.1 Å². The summed E-state index contributed by atoms with van der Waals surface area (Å²) in [5, 5.41) is 1.58. The van der Waals surface area contributed by atoms with Gasteiger partial charge in [0.05, 0.1) is 11.0 Å². The van der Waals surface area contributed by atoms with Gasteiger partial charge >= 0.3 is 6.09 Å². The molecule has 6 nitrogen and oxygen atoms in total.